The molecule has 25 heavy (non-hydrogen) atoms. The van der Waals surface area contributed by atoms with Crippen molar-refractivity contribution in [2.45, 2.75) is 25.8 Å². The lowest BCUT2D eigenvalue weighted by Gasteiger charge is -2.27. The first-order chi connectivity index (χ1) is 11.4. The van der Waals surface area contributed by atoms with Gasteiger partial charge in [0.15, 0.2) is 11.6 Å². The van der Waals surface area contributed by atoms with Gasteiger partial charge in [0, 0.05) is 34.4 Å². The molecule has 0 bridgehead atoms. The molecule has 1 N–H and O–H groups in total. The summed E-state index contributed by atoms with van der Waals surface area (Å²) in [5, 5.41) is 0.628. The number of Topliss-reactive ketones (excluding diaryl/α,β-unsaturated/α-hetero) is 2. The van der Waals surface area contributed by atoms with Gasteiger partial charge in [0.2, 0.25) is 0 Å². The fourth-order valence-corrected chi connectivity index (χ4v) is 3.12. The quantitative estimate of drug-likeness (QED) is 0.820. The van der Waals surface area contributed by atoms with Crippen molar-refractivity contribution in [1.82, 2.24) is 9.97 Å². The van der Waals surface area contributed by atoms with Gasteiger partial charge in [-0.15, -0.1) is 12.4 Å². The van der Waals surface area contributed by atoms with Crippen molar-refractivity contribution in [3.8, 4) is 11.4 Å². The lowest BCUT2D eigenvalue weighted by atomic mass is 9.81. The average molecular weight is 376 g/mol. The van der Waals surface area contributed by atoms with Crippen LogP contribution in [0.3, 0.4) is 0 Å². The molecule has 7 heteroatoms. The standard InChI is InChI=1S/C18H14ClN3O2.ClH/c1-18(2)16(24)11-7-13(23)15-14(12(11)8-20-18)21-17(22-15)9-3-5-10(19)6-4-9;/h3-6,8H,7H2,1-2H3,(H,21,22);1H. The first kappa shape index (κ1) is 17.6. The number of imidazole rings is 1. The van der Waals surface area contributed by atoms with Crippen LogP contribution in [0.1, 0.15) is 36.5 Å². The van der Waals surface area contributed by atoms with Crippen LogP contribution in [0.15, 0.2) is 34.8 Å². The summed E-state index contributed by atoms with van der Waals surface area (Å²) in [5.74, 6) is 0.329. The van der Waals surface area contributed by atoms with Gasteiger partial charge < -0.3 is 4.98 Å². The summed E-state index contributed by atoms with van der Waals surface area (Å²) >= 11 is 5.91. The first-order valence-corrected chi connectivity index (χ1v) is 7.97. The number of nitrogens with zero attached hydrogens (tertiary/aromatic N) is 2. The molecule has 5 nitrogen and oxygen atoms in total. The fourth-order valence-electron chi connectivity index (χ4n) is 3.00. The SMILES string of the molecule is CC1(C)N=CC2=C(CC(=O)c3[nH]c(-c4ccc(Cl)cc4)nc32)C1=O.Cl. The highest BCUT2D eigenvalue weighted by Crippen LogP contribution is 2.36. The average Bonchev–Trinajstić information content (AvgIpc) is 2.98. The Balaban J connectivity index is 0.00000182. The van der Waals surface area contributed by atoms with Crippen LogP contribution in [0.5, 0.6) is 0 Å². The number of hydrogen-bond donors (Lipinski definition) is 1. The summed E-state index contributed by atoms with van der Waals surface area (Å²) < 4.78 is 0. The van der Waals surface area contributed by atoms with Crippen molar-refractivity contribution in [3.05, 3.63) is 46.2 Å². The van der Waals surface area contributed by atoms with Gasteiger partial charge in [0.25, 0.3) is 0 Å². The minimum absolute atomic E-state index is 0. The number of rotatable bonds is 1. The third-order valence-electron chi connectivity index (χ3n) is 4.36. The molecule has 128 valence electrons. The highest BCUT2D eigenvalue weighted by Gasteiger charge is 2.39. The van der Waals surface area contributed by atoms with E-state index in [4.69, 9.17) is 11.6 Å². The number of ketones is 2. The number of nitrogens with one attached hydrogen (secondary N) is 1. The number of aliphatic imine (C=N–C) groups is 1. The molecule has 1 aliphatic carbocycles. The van der Waals surface area contributed by atoms with E-state index >= 15 is 0 Å². The normalized spacial score (nSPS) is 17.9. The number of benzene rings is 1. The zero-order valence-corrected chi connectivity index (χ0v) is 15.2. The van der Waals surface area contributed by atoms with Crippen LogP contribution in [-0.4, -0.2) is 33.3 Å². The molecule has 0 atom stereocenters. The molecule has 1 aromatic carbocycles. The predicted octanol–water partition coefficient (Wildman–Crippen LogP) is 3.92. The van der Waals surface area contributed by atoms with Crippen LogP contribution in [0.4, 0.5) is 0 Å². The molecule has 2 heterocycles. The largest absolute Gasteiger partial charge is 0.335 e. The van der Waals surface area contributed by atoms with Gasteiger partial charge in [0.05, 0.1) is 0 Å². The van der Waals surface area contributed by atoms with Crippen LogP contribution in [-0.2, 0) is 4.79 Å². The van der Waals surface area contributed by atoms with Crippen LogP contribution in [0.2, 0.25) is 5.02 Å². The van der Waals surface area contributed by atoms with Crippen molar-refractivity contribution >= 4 is 47.4 Å². The highest BCUT2D eigenvalue weighted by molar-refractivity contribution is 6.30. The Bertz CT molecular complexity index is 953. The number of H-pyrrole nitrogens is 1. The maximum Gasteiger partial charge on any atom is 0.186 e. The van der Waals surface area contributed by atoms with E-state index < -0.39 is 5.54 Å². The van der Waals surface area contributed by atoms with Crippen LogP contribution in [0, 0.1) is 0 Å². The number of hydrogen-bond acceptors (Lipinski definition) is 4. The third kappa shape index (κ3) is 2.73. The number of halogens is 2. The van der Waals surface area contributed by atoms with Crippen molar-refractivity contribution in [2.75, 3.05) is 0 Å². The topological polar surface area (TPSA) is 75.2 Å². The Morgan fingerprint density at radius 3 is 2.52 bits per heavy atom. The molecule has 0 saturated carbocycles. The van der Waals surface area contributed by atoms with Gasteiger partial charge in [-0.1, -0.05) is 11.6 Å². The fraction of sp³-hybridized carbons (Fsp3) is 0.222. The van der Waals surface area contributed by atoms with E-state index in [9.17, 15) is 9.59 Å². The number of aromatic nitrogens is 2. The summed E-state index contributed by atoms with van der Waals surface area (Å²) in [6.45, 7) is 3.50. The second-order valence-corrected chi connectivity index (χ2v) is 6.89. The molecular formula is C18H15Cl2N3O2. The van der Waals surface area contributed by atoms with Crippen molar-refractivity contribution in [1.29, 1.82) is 0 Å². The monoisotopic (exact) mass is 375 g/mol. The van der Waals surface area contributed by atoms with Gasteiger partial charge in [-0.3, -0.25) is 14.6 Å². The lowest BCUT2D eigenvalue weighted by molar-refractivity contribution is -0.119. The first-order valence-electron chi connectivity index (χ1n) is 7.59. The number of fused-ring (bicyclic) bond motifs is 2. The van der Waals surface area contributed by atoms with E-state index in [0.29, 0.717) is 33.4 Å². The number of allylic oxidation sites excluding steroid dienone is 1. The molecule has 0 amide bonds. The molecule has 0 radical (unpaired) electrons. The molecule has 0 saturated heterocycles. The molecule has 2 aliphatic rings. The zero-order valence-electron chi connectivity index (χ0n) is 13.6. The zero-order chi connectivity index (χ0) is 17.1. The van der Waals surface area contributed by atoms with Crippen molar-refractivity contribution < 1.29 is 9.59 Å². The molecule has 4 rings (SSSR count). The summed E-state index contributed by atoms with van der Waals surface area (Å²) in [4.78, 5) is 37.0. The Morgan fingerprint density at radius 1 is 1.16 bits per heavy atom. The Morgan fingerprint density at radius 2 is 1.84 bits per heavy atom. The van der Waals surface area contributed by atoms with Gasteiger partial charge in [-0.2, -0.15) is 0 Å². The molecule has 0 unspecified atom stereocenters. The number of aromatic amines is 1. The molecule has 1 aliphatic heterocycles. The van der Waals surface area contributed by atoms with Crippen LogP contribution >= 0.6 is 24.0 Å². The third-order valence-corrected chi connectivity index (χ3v) is 4.62. The van der Waals surface area contributed by atoms with E-state index in [1.165, 1.54) is 0 Å². The summed E-state index contributed by atoms with van der Waals surface area (Å²) in [7, 11) is 0. The molecule has 0 fully saturated rings. The Labute approximate surface area is 155 Å². The number of carbonyl (C=O) groups excluding carboxylic acids is 2. The van der Waals surface area contributed by atoms with E-state index in [0.717, 1.165) is 5.56 Å². The van der Waals surface area contributed by atoms with Gasteiger partial charge >= 0.3 is 0 Å². The molecule has 1 aromatic heterocycles. The van der Waals surface area contributed by atoms with Crippen molar-refractivity contribution in [3.63, 3.8) is 0 Å². The minimum atomic E-state index is -0.827. The van der Waals surface area contributed by atoms with E-state index in [1.54, 1.807) is 32.2 Å². The summed E-state index contributed by atoms with van der Waals surface area (Å²) in [6.07, 6.45) is 1.74. The lowest BCUT2D eigenvalue weighted by Crippen LogP contribution is -2.36. The van der Waals surface area contributed by atoms with E-state index in [-0.39, 0.29) is 30.4 Å². The summed E-state index contributed by atoms with van der Waals surface area (Å²) in [6, 6.07) is 7.18. The second kappa shape index (κ2) is 5.93. The summed E-state index contributed by atoms with van der Waals surface area (Å²) in [5.41, 5.74) is 2.07. The highest BCUT2D eigenvalue weighted by atomic mass is 35.5. The molecule has 2 aromatic rings. The number of carbonyl (C=O) groups is 2. The van der Waals surface area contributed by atoms with Gasteiger partial charge in [-0.25, -0.2) is 4.98 Å². The van der Waals surface area contributed by atoms with E-state index in [1.807, 2.05) is 12.1 Å². The number of dihydropyridines is 1. The maximum atomic E-state index is 12.6. The van der Waals surface area contributed by atoms with Crippen LogP contribution in [0.25, 0.3) is 17.0 Å². The van der Waals surface area contributed by atoms with Crippen molar-refractivity contribution in [2.24, 2.45) is 4.99 Å². The van der Waals surface area contributed by atoms with Crippen LogP contribution < -0.4 is 0 Å². The Kier molecular flexibility index (Phi) is 4.17. The smallest absolute Gasteiger partial charge is 0.186 e. The Hall–Kier alpha value is -2.24. The molecule has 0 spiro atoms. The predicted molar refractivity (Wildman–Crippen MR) is 99.7 cm³/mol. The minimum Gasteiger partial charge on any atom is -0.335 e. The molecular weight excluding hydrogens is 361 g/mol. The van der Waals surface area contributed by atoms with E-state index in [2.05, 4.69) is 15.0 Å². The second-order valence-electron chi connectivity index (χ2n) is 6.45. The van der Waals surface area contributed by atoms with Gasteiger partial charge in [0.1, 0.15) is 22.8 Å². The van der Waals surface area contributed by atoms with Gasteiger partial charge in [-0.05, 0) is 38.1 Å². The maximum absolute atomic E-state index is 12.6.